The Labute approximate surface area is 136 Å². The molecule has 126 valence electrons. The van der Waals surface area contributed by atoms with Gasteiger partial charge in [0.25, 0.3) is 0 Å². The maximum Gasteiger partial charge on any atom is 0.243 e. The number of nitrogens with two attached hydrogens (primary N) is 1. The van der Waals surface area contributed by atoms with E-state index in [9.17, 15) is 17.6 Å². The third-order valence-electron chi connectivity index (χ3n) is 2.76. The van der Waals surface area contributed by atoms with Gasteiger partial charge in [-0.2, -0.15) is 0 Å². The predicted octanol–water partition coefficient (Wildman–Crippen LogP) is 0.769. The number of hydrogen-bond acceptors (Lipinski definition) is 4. The topological polar surface area (TPSA) is 101 Å². The number of nitrogens with one attached hydrogen (secondary N) is 2. The Morgan fingerprint density at radius 3 is 2.45 bits per heavy atom. The molecule has 4 N–H and O–H groups in total. The van der Waals surface area contributed by atoms with Crippen molar-refractivity contribution >= 4 is 28.3 Å². The van der Waals surface area contributed by atoms with Crippen LogP contribution in [-0.2, 0) is 14.8 Å². The summed E-state index contributed by atoms with van der Waals surface area (Å²) in [5, 5.41) is 2.67. The van der Waals surface area contributed by atoms with E-state index >= 15 is 0 Å². The van der Waals surface area contributed by atoms with Crippen molar-refractivity contribution in [2.24, 2.45) is 5.73 Å². The number of benzene rings is 1. The Bertz CT molecular complexity index is 608. The summed E-state index contributed by atoms with van der Waals surface area (Å²) in [5.41, 5.74) is 4.92. The highest BCUT2D eigenvalue weighted by Crippen LogP contribution is 2.12. The maximum absolute atomic E-state index is 13.4. The van der Waals surface area contributed by atoms with Gasteiger partial charge in [0.2, 0.25) is 15.9 Å². The van der Waals surface area contributed by atoms with E-state index in [0.29, 0.717) is 0 Å². The number of sulfonamides is 1. The molecular formula is C13H21ClFN3O3S. The molecule has 0 spiro atoms. The molecule has 1 amide bonds. The summed E-state index contributed by atoms with van der Waals surface area (Å²) in [7, 11) is -3.97. The Morgan fingerprint density at radius 2 is 1.91 bits per heavy atom. The van der Waals surface area contributed by atoms with E-state index in [1.807, 2.05) is 0 Å². The molecule has 0 heterocycles. The lowest BCUT2D eigenvalue weighted by molar-refractivity contribution is -0.122. The monoisotopic (exact) mass is 353 g/mol. The third kappa shape index (κ3) is 6.27. The first-order chi connectivity index (χ1) is 9.68. The summed E-state index contributed by atoms with van der Waals surface area (Å²) in [4.78, 5) is 11.2. The molecule has 0 aliphatic heterocycles. The summed E-state index contributed by atoms with van der Waals surface area (Å²) < 4.78 is 39.4. The van der Waals surface area contributed by atoms with Crippen LogP contribution < -0.4 is 15.8 Å². The van der Waals surface area contributed by atoms with E-state index in [-0.39, 0.29) is 37.8 Å². The van der Waals surface area contributed by atoms with Crippen LogP contribution in [0.4, 0.5) is 4.39 Å². The van der Waals surface area contributed by atoms with E-state index in [4.69, 9.17) is 5.73 Å². The molecule has 22 heavy (non-hydrogen) atoms. The molecule has 0 unspecified atom stereocenters. The fraction of sp³-hybridized carbons (Fsp3) is 0.462. The molecule has 6 nitrogen and oxygen atoms in total. The molecule has 1 aromatic carbocycles. The summed E-state index contributed by atoms with van der Waals surface area (Å²) in [6, 6.07) is 5.05. The Kier molecular flexibility index (Phi) is 7.96. The summed E-state index contributed by atoms with van der Waals surface area (Å²) >= 11 is 0. The molecule has 0 saturated heterocycles. The fourth-order valence-electron chi connectivity index (χ4n) is 1.53. The summed E-state index contributed by atoms with van der Waals surface area (Å²) in [6.07, 6.45) is -0.0584. The van der Waals surface area contributed by atoms with Crippen molar-refractivity contribution in [3.05, 3.63) is 30.1 Å². The first kappa shape index (κ1) is 20.8. The summed E-state index contributed by atoms with van der Waals surface area (Å²) in [6.45, 7) is 3.66. The second-order valence-electron chi connectivity index (χ2n) is 5.21. The molecule has 1 aromatic rings. The lowest BCUT2D eigenvalue weighted by Gasteiger charge is -2.24. The van der Waals surface area contributed by atoms with E-state index < -0.39 is 26.3 Å². The van der Waals surface area contributed by atoms with Crippen LogP contribution in [0.2, 0.25) is 0 Å². The minimum Gasteiger partial charge on any atom is -0.350 e. The largest absolute Gasteiger partial charge is 0.350 e. The molecule has 0 aromatic heterocycles. The highest BCUT2D eigenvalue weighted by atomic mass is 35.5. The number of hydrogen-bond donors (Lipinski definition) is 3. The third-order valence-corrected chi connectivity index (χ3v) is 4.25. The normalized spacial score (nSPS) is 11.6. The molecular weight excluding hydrogens is 333 g/mol. The predicted molar refractivity (Wildman–Crippen MR) is 84.7 cm³/mol. The molecule has 0 aliphatic rings. The molecule has 0 atom stereocenters. The summed E-state index contributed by atoms with van der Waals surface area (Å²) in [5.74, 6) is -1.17. The molecule has 0 bridgehead atoms. The second-order valence-corrected chi connectivity index (χ2v) is 6.95. The average Bonchev–Trinajstić information content (AvgIpc) is 2.38. The zero-order chi connectivity index (χ0) is 16.1. The van der Waals surface area contributed by atoms with Gasteiger partial charge in [-0.1, -0.05) is 12.1 Å². The van der Waals surface area contributed by atoms with E-state index in [2.05, 4.69) is 10.0 Å². The molecule has 0 aliphatic carbocycles. The highest BCUT2D eigenvalue weighted by molar-refractivity contribution is 7.89. The van der Waals surface area contributed by atoms with Crippen LogP contribution in [0, 0.1) is 5.82 Å². The average molecular weight is 354 g/mol. The number of carbonyl (C=O) groups is 1. The van der Waals surface area contributed by atoms with Crippen LogP contribution in [0.3, 0.4) is 0 Å². The second kappa shape index (κ2) is 8.42. The van der Waals surface area contributed by atoms with Gasteiger partial charge in [0.05, 0.1) is 0 Å². The number of halogens is 2. The van der Waals surface area contributed by atoms with Crippen molar-refractivity contribution in [3.8, 4) is 0 Å². The van der Waals surface area contributed by atoms with Gasteiger partial charge in [-0.05, 0) is 26.0 Å². The van der Waals surface area contributed by atoms with Crippen molar-refractivity contribution in [2.75, 3.05) is 13.1 Å². The van der Waals surface area contributed by atoms with Crippen molar-refractivity contribution < 1.29 is 17.6 Å². The van der Waals surface area contributed by atoms with Crippen LogP contribution in [0.25, 0.3) is 0 Å². The molecule has 0 radical (unpaired) electrons. The van der Waals surface area contributed by atoms with Crippen LogP contribution >= 0.6 is 12.4 Å². The van der Waals surface area contributed by atoms with E-state index in [1.165, 1.54) is 12.1 Å². The lowest BCUT2D eigenvalue weighted by Crippen LogP contribution is -2.49. The zero-order valence-electron chi connectivity index (χ0n) is 12.4. The van der Waals surface area contributed by atoms with Crippen molar-refractivity contribution in [1.82, 2.24) is 10.0 Å². The minimum absolute atomic E-state index is 0. The highest BCUT2D eigenvalue weighted by Gasteiger charge is 2.20. The van der Waals surface area contributed by atoms with Crippen molar-refractivity contribution in [3.63, 3.8) is 0 Å². The smallest absolute Gasteiger partial charge is 0.243 e. The van der Waals surface area contributed by atoms with Gasteiger partial charge < -0.3 is 11.1 Å². The number of amides is 1. The van der Waals surface area contributed by atoms with Gasteiger partial charge in [-0.25, -0.2) is 17.5 Å². The van der Waals surface area contributed by atoms with Gasteiger partial charge in [0, 0.05) is 25.0 Å². The van der Waals surface area contributed by atoms with Crippen molar-refractivity contribution in [1.29, 1.82) is 0 Å². The van der Waals surface area contributed by atoms with Gasteiger partial charge in [-0.15, -0.1) is 12.4 Å². The zero-order valence-corrected chi connectivity index (χ0v) is 14.1. The number of carbonyl (C=O) groups excluding carboxylic acids is 1. The van der Waals surface area contributed by atoms with Crippen molar-refractivity contribution in [2.45, 2.75) is 30.7 Å². The SMILES string of the molecule is CC(C)(CN)NC(=O)CCNS(=O)(=O)c1ccccc1F.Cl. The minimum atomic E-state index is -3.97. The molecule has 0 fully saturated rings. The molecule has 9 heteroatoms. The van der Waals surface area contributed by atoms with Gasteiger partial charge in [0.15, 0.2) is 0 Å². The first-order valence-corrected chi connectivity index (χ1v) is 7.91. The quantitative estimate of drug-likeness (QED) is 0.673. The lowest BCUT2D eigenvalue weighted by atomic mass is 10.1. The van der Waals surface area contributed by atoms with Gasteiger partial charge in [-0.3, -0.25) is 4.79 Å². The van der Waals surface area contributed by atoms with Crippen LogP contribution in [0.1, 0.15) is 20.3 Å². The van der Waals surface area contributed by atoms with Gasteiger partial charge in [0.1, 0.15) is 10.7 Å². The Morgan fingerprint density at radius 1 is 1.32 bits per heavy atom. The van der Waals surface area contributed by atoms with Gasteiger partial charge >= 0.3 is 0 Å². The number of rotatable bonds is 7. The first-order valence-electron chi connectivity index (χ1n) is 6.43. The maximum atomic E-state index is 13.4. The fourth-order valence-corrected chi connectivity index (χ4v) is 2.64. The van der Waals surface area contributed by atoms with Crippen LogP contribution in [-0.4, -0.2) is 33.0 Å². The Balaban J connectivity index is 0.00000441. The van der Waals surface area contributed by atoms with E-state index in [0.717, 1.165) is 12.1 Å². The van der Waals surface area contributed by atoms with Crippen LogP contribution in [0.15, 0.2) is 29.2 Å². The Hall–Kier alpha value is -1.22. The molecule has 1 rings (SSSR count). The van der Waals surface area contributed by atoms with E-state index in [1.54, 1.807) is 13.8 Å². The van der Waals surface area contributed by atoms with Crippen LogP contribution in [0.5, 0.6) is 0 Å². The standard InChI is InChI=1S/C13H20FN3O3S.ClH/c1-13(2,9-15)17-12(18)7-8-16-21(19,20)11-6-4-3-5-10(11)14;/h3-6,16H,7-9,15H2,1-2H3,(H,17,18);1H. The molecule has 0 saturated carbocycles.